The molecule has 2 heteroatoms. The third kappa shape index (κ3) is 5.05. The molecule has 0 aliphatic carbocycles. The van der Waals surface area contributed by atoms with E-state index in [9.17, 15) is 0 Å². The Kier molecular flexibility index (Phi) is 6.13. The molecule has 0 unspecified atom stereocenters. The SMILES string of the molecule is CCCCCCCCN1C=CN=CC1. The van der Waals surface area contributed by atoms with E-state index in [0.717, 1.165) is 6.54 Å². The maximum atomic E-state index is 4.05. The van der Waals surface area contributed by atoms with Crippen molar-refractivity contribution >= 4 is 6.21 Å². The number of nitrogens with zero attached hydrogens (tertiary/aromatic N) is 2. The average molecular weight is 194 g/mol. The van der Waals surface area contributed by atoms with Crippen LogP contribution in [0, 0.1) is 0 Å². The number of rotatable bonds is 7. The molecule has 0 atom stereocenters. The van der Waals surface area contributed by atoms with Gasteiger partial charge in [0.25, 0.3) is 0 Å². The second-order valence-corrected chi connectivity index (χ2v) is 3.89. The Morgan fingerprint density at radius 3 is 2.64 bits per heavy atom. The fraction of sp³-hybridized carbons (Fsp3) is 0.750. The summed E-state index contributed by atoms with van der Waals surface area (Å²) >= 11 is 0. The Hall–Kier alpha value is -0.790. The van der Waals surface area contributed by atoms with Crippen LogP contribution in [0.2, 0.25) is 0 Å². The van der Waals surface area contributed by atoms with Gasteiger partial charge in [-0.15, -0.1) is 0 Å². The van der Waals surface area contributed by atoms with Gasteiger partial charge >= 0.3 is 0 Å². The third-order valence-corrected chi connectivity index (χ3v) is 2.58. The predicted octanol–water partition coefficient (Wildman–Crippen LogP) is 3.20. The van der Waals surface area contributed by atoms with Gasteiger partial charge < -0.3 is 4.90 Å². The zero-order valence-corrected chi connectivity index (χ0v) is 9.28. The maximum Gasteiger partial charge on any atom is 0.0527 e. The van der Waals surface area contributed by atoms with E-state index in [0.29, 0.717) is 0 Å². The minimum atomic E-state index is 0.992. The van der Waals surface area contributed by atoms with Crippen molar-refractivity contribution in [3.8, 4) is 0 Å². The minimum Gasteiger partial charge on any atom is -0.371 e. The van der Waals surface area contributed by atoms with E-state index >= 15 is 0 Å². The lowest BCUT2D eigenvalue weighted by molar-refractivity contribution is 0.403. The first-order valence-corrected chi connectivity index (χ1v) is 5.86. The van der Waals surface area contributed by atoms with Crippen LogP contribution in [-0.4, -0.2) is 24.2 Å². The standard InChI is InChI=1S/C12H22N2/c1-2-3-4-5-6-7-10-14-11-8-13-9-12-14/h8-9,11H,2-7,10,12H2,1H3. The lowest BCUT2D eigenvalue weighted by Crippen LogP contribution is -2.22. The fourth-order valence-electron chi connectivity index (χ4n) is 1.67. The van der Waals surface area contributed by atoms with Crippen LogP contribution in [0.5, 0.6) is 0 Å². The highest BCUT2D eigenvalue weighted by Gasteiger charge is 1.99. The van der Waals surface area contributed by atoms with Crippen molar-refractivity contribution in [1.29, 1.82) is 0 Å². The predicted molar refractivity (Wildman–Crippen MR) is 62.6 cm³/mol. The molecule has 0 radical (unpaired) electrons. The Morgan fingerprint density at radius 1 is 1.14 bits per heavy atom. The van der Waals surface area contributed by atoms with Gasteiger partial charge in [-0.05, 0) is 6.42 Å². The molecular weight excluding hydrogens is 172 g/mol. The van der Waals surface area contributed by atoms with Gasteiger partial charge in [-0.1, -0.05) is 39.0 Å². The molecule has 14 heavy (non-hydrogen) atoms. The quantitative estimate of drug-likeness (QED) is 0.568. The van der Waals surface area contributed by atoms with Crippen LogP contribution in [0.25, 0.3) is 0 Å². The van der Waals surface area contributed by atoms with Crippen molar-refractivity contribution in [3.63, 3.8) is 0 Å². The van der Waals surface area contributed by atoms with Gasteiger partial charge in [-0.25, -0.2) is 0 Å². The molecule has 0 saturated heterocycles. The molecule has 1 aliphatic rings. The molecule has 0 spiro atoms. The molecule has 0 bridgehead atoms. The fourth-order valence-corrected chi connectivity index (χ4v) is 1.67. The summed E-state index contributed by atoms with van der Waals surface area (Å²) in [6.07, 6.45) is 14.2. The average Bonchev–Trinajstić information content (AvgIpc) is 2.25. The van der Waals surface area contributed by atoms with Gasteiger partial charge in [0.05, 0.1) is 6.54 Å². The number of unbranched alkanes of at least 4 members (excludes halogenated alkanes) is 5. The summed E-state index contributed by atoms with van der Waals surface area (Å²) < 4.78 is 0. The molecular formula is C12H22N2. The van der Waals surface area contributed by atoms with Gasteiger partial charge in [0, 0.05) is 25.2 Å². The van der Waals surface area contributed by atoms with Crippen LogP contribution >= 0.6 is 0 Å². The Morgan fingerprint density at radius 2 is 1.93 bits per heavy atom. The highest BCUT2D eigenvalue weighted by molar-refractivity contribution is 5.61. The van der Waals surface area contributed by atoms with Crippen molar-refractivity contribution in [2.75, 3.05) is 13.1 Å². The topological polar surface area (TPSA) is 15.6 Å². The van der Waals surface area contributed by atoms with E-state index in [-0.39, 0.29) is 0 Å². The molecule has 0 aromatic heterocycles. The number of hydrogen-bond donors (Lipinski definition) is 0. The van der Waals surface area contributed by atoms with Crippen LogP contribution in [-0.2, 0) is 0 Å². The van der Waals surface area contributed by atoms with E-state index in [1.54, 1.807) is 0 Å². The van der Waals surface area contributed by atoms with E-state index in [4.69, 9.17) is 0 Å². The molecule has 80 valence electrons. The Bertz CT molecular complexity index is 185. The summed E-state index contributed by atoms with van der Waals surface area (Å²) in [6, 6.07) is 0. The molecule has 0 saturated carbocycles. The van der Waals surface area contributed by atoms with Crippen LogP contribution in [0.1, 0.15) is 45.4 Å². The summed E-state index contributed by atoms with van der Waals surface area (Å²) in [5.74, 6) is 0. The van der Waals surface area contributed by atoms with Gasteiger partial charge in [-0.3, -0.25) is 4.99 Å². The molecule has 0 N–H and O–H groups in total. The van der Waals surface area contributed by atoms with E-state index in [1.165, 1.54) is 45.1 Å². The van der Waals surface area contributed by atoms with E-state index in [2.05, 4.69) is 23.0 Å². The lowest BCUT2D eigenvalue weighted by Gasteiger charge is -2.19. The largest absolute Gasteiger partial charge is 0.371 e. The second-order valence-electron chi connectivity index (χ2n) is 3.89. The molecule has 1 aliphatic heterocycles. The van der Waals surface area contributed by atoms with Crippen molar-refractivity contribution in [2.45, 2.75) is 45.4 Å². The van der Waals surface area contributed by atoms with Gasteiger partial charge in [0.1, 0.15) is 0 Å². The second kappa shape index (κ2) is 7.60. The molecule has 0 amide bonds. The molecule has 1 rings (SSSR count). The van der Waals surface area contributed by atoms with E-state index < -0.39 is 0 Å². The summed E-state index contributed by atoms with van der Waals surface area (Å²) in [5.41, 5.74) is 0. The van der Waals surface area contributed by atoms with Gasteiger partial charge in [-0.2, -0.15) is 0 Å². The van der Waals surface area contributed by atoms with Crippen molar-refractivity contribution < 1.29 is 0 Å². The molecule has 1 heterocycles. The Balaban J connectivity index is 1.88. The van der Waals surface area contributed by atoms with Crippen LogP contribution in [0.15, 0.2) is 17.4 Å². The zero-order valence-electron chi connectivity index (χ0n) is 9.28. The summed E-state index contributed by atoms with van der Waals surface area (Å²) in [7, 11) is 0. The lowest BCUT2D eigenvalue weighted by atomic mass is 10.1. The summed E-state index contributed by atoms with van der Waals surface area (Å²) in [5, 5.41) is 0. The molecule has 0 aromatic carbocycles. The van der Waals surface area contributed by atoms with E-state index in [1.807, 2.05) is 12.4 Å². The first-order valence-electron chi connectivity index (χ1n) is 5.86. The highest BCUT2D eigenvalue weighted by Crippen LogP contribution is 2.06. The van der Waals surface area contributed by atoms with Crippen LogP contribution in [0.4, 0.5) is 0 Å². The van der Waals surface area contributed by atoms with Crippen molar-refractivity contribution in [2.24, 2.45) is 4.99 Å². The van der Waals surface area contributed by atoms with Gasteiger partial charge in [0.15, 0.2) is 0 Å². The van der Waals surface area contributed by atoms with Crippen molar-refractivity contribution in [1.82, 2.24) is 4.90 Å². The minimum absolute atomic E-state index is 0.992. The first-order chi connectivity index (χ1) is 6.93. The van der Waals surface area contributed by atoms with Gasteiger partial charge in [0.2, 0.25) is 0 Å². The first kappa shape index (κ1) is 11.3. The number of aliphatic imine (C=N–C) groups is 1. The van der Waals surface area contributed by atoms with Crippen molar-refractivity contribution in [3.05, 3.63) is 12.4 Å². The highest BCUT2D eigenvalue weighted by atomic mass is 15.1. The molecule has 2 nitrogen and oxygen atoms in total. The van der Waals surface area contributed by atoms with Crippen LogP contribution in [0.3, 0.4) is 0 Å². The third-order valence-electron chi connectivity index (χ3n) is 2.58. The normalized spacial score (nSPS) is 15.1. The monoisotopic (exact) mass is 194 g/mol. The zero-order chi connectivity index (χ0) is 10.1. The number of hydrogen-bond acceptors (Lipinski definition) is 2. The molecule has 0 fully saturated rings. The summed E-state index contributed by atoms with van der Waals surface area (Å²) in [4.78, 5) is 6.38. The maximum absolute atomic E-state index is 4.05. The Labute approximate surface area is 87.7 Å². The molecule has 0 aromatic rings. The smallest absolute Gasteiger partial charge is 0.0527 e. The van der Waals surface area contributed by atoms with Crippen LogP contribution < -0.4 is 0 Å². The summed E-state index contributed by atoms with van der Waals surface area (Å²) in [6.45, 7) is 4.44.